The van der Waals surface area contributed by atoms with Crippen LogP contribution in [0.4, 0.5) is 0 Å². The number of nitrogens with zero attached hydrogens (tertiary/aromatic N) is 1. The molecule has 1 amide bonds. The largest absolute Gasteiger partial charge is 0.378 e. The summed E-state index contributed by atoms with van der Waals surface area (Å²) in [5.74, 6) is -0.211. The maximum atomic E-state index is 12.8. The lowest BCUT2D eigenvalue weighted by Gasteiger charge is -2.28. The molecule has 2 aromatic rings. The summed E-state index contributed by atoms with van der Waals surface area (Å²) in [4.78, 5) is 29.8. The number of benzene rings is 1. The number of ether oxygens (including phenoxy) is 1. The predicted octanol–water partition coefficient (Wildman–Crippen LogP) is 1.12. The summed E-state index contributed by atoms with van der Waals surface area (Å²) in [5, 5.41) is 3.84. The molecule has 2 N–H and O–H groups in total. The van der Waals surface area contributed by atoms with E-state index < -0.39 is 0 Å². The Morgan fingerprint density at radius 1 is 1.21 bits per heavy atom. The number of H-pyrrole nitrogens is 1. The summed E-state index contributed by atoms with van der Waals surface area (Å²) in [5.41, 5.74) is 0.827. The molecule has 0 saturated carbocycles. The number of para-hydroxylation sites is 1. The van der Waals surface area contributed by atoms with Crippen molar-refractivity contribution in [2.75, 3.05) is 26.3 Å². The second-order valence-corrected chi connectivity index (χ2v) is 6.52. The van der Waals surface area contributed by atoms with E-state index in [2.05, 4.69) is 15.2 Å². The van der Waals surface area contributed by atoms with Gasteiger partial charge in [-0.1, -0.05) is 18.2 Å². The van der Waals surface area contributed by atoms with Crippen molar-refractivity contribution in [2.24, 2.45) is 0 Å². The van der Waals surface area contributed by atoms with Gasteiger partial charge in [0, 0.05) is 17.0 Å². The van der Waals surface area contributed by atoms with Crippen LogP contribution in [0.5, 0.6) is 0 Å². The van der Waals surface area contributed by atoms with Crippen LogP contribution >= 0.6 is 0 Å². The third-order valence-electron chi connectivity index (χ3n) is 4.97. The minimum absolute atomic E-state index is 0.0337. The van der Waals surface area contributed by atoms with E-state index in [4.69, 9.17) is 4.74 Å². The van der Waals surface area contributed by atoms with Crippen LogP contribution < -0.4 is 10.9 Å². The molecule has 126 valence electrons. The summed E-state index contributed by atoms with van der Waals surface area (Å²) < 4.78 is 5.61. The summed E-state index contributed by atoms with van der Waals surface area (Å²) in [6, 6.07) is 8.93. The molecule has 0 aliphatic carbocycles. The minimum Gasteiger partial charge on any atom is -0.378 e. The van der Waals surface area contributed by atoms with Gasteiger partial charge in [0.05, 0.1) is 30.9 Å². The van der Waals surface area contributed by atoms with Gasteiger partial charge in [0.1, 0.15) is 0 Å². The van der Waals surface area contributed by atoms with Gasteiger partial charge in [0.15, 0.2) is 0 Å². The van der Waals surface area contributed by atoms with Gasteiger partial charge in [-0.2, -0.15) is 0 Å². The molecular weight excluding hydrogens is 306 g/mol. The zero-order chi connectivity index (χ0) is 16.5. The Hall–Kier alpha value is -2.18. The van der Waals surface area contributed by atoms with Crippen molar-refractivity contribution in [1.82, 2.24) is 15.2 Å². The Kier molecular flexibility index (Phi) is 4.08. The predicted molar refractivity (Wildman–Crippen MR) is 91.2 cm³/mol. The molecule has 2 aliphatic heterocycles. The Balaban J connectivity index is 1.59. The van der Waals surface area contributed by atoms with Crippen molar-refractivity contribution in [3.05, 3.63) is 46.2 Å². The van der Waals surface area contributed by atoms with Gasteiger partial charge in [0.2, 0.25) is 5.56 Å². The lowest BCUT2D eigenvalue weighted by Crippen LogP contribution is -2.50. The fourth-order valence-corrected chi connectivity index (χ4v) is 3.75. The Labute approximate surface area is 139 Å². The molecule has 2 saturated heterocycles. The number of aromatic nitrogens is 1. The molecule has 2 aliphatic rings. The number of fused-ring (bicyclic) bond motifs is 1. The Morgan fingerprint density at radius 2 is 2.00 bits per heavy atom. The number of carbonyl (C=O) groups is 1. The molecule has 2 atom stereocenters. The zero-order valence-corrected chi connectivity index (χ0v) is 13.5. The lowest BCUT2D eigenvalue weighted by molar-refractivity contribution is 0.0918. The van der Waals surface area contributed by atoms with E-state index in [9.17, 15) is 9.59 Å². The van der Waals surface area contributed by atoms with Crippen molar-refractivity contribution in [2.45, 2.75) is 24.9 Å². The van der Waals surface area contributed by atoms with Crippen molar-refractivity contribution in [3.63, 3.8) is 0 Å². The van der Waals surface area contributed by atoms with E-state index in [1.807, 2.05) is 18.2 Å². The first-order chi connectivity index (χ1) is 11.7. The first-order valence-electron chi connectivity index (χ1n) is 8.47. The number of nitrogens with one attached hydrogen (secondary N) is 2. The van der Waals surface area contributed by atoms with E-state index in [0.717, 1.165) is 18.5 Å². The third-order valence-corrected chi connectivity index (χ3v) is 4.97. The van der Waals surface area contributed by atoms with E-state index in [1.54, 1.807) is 6.07 Å². The summed E-state index contributed by atoms with van der Waals surface area (Å²) in [6.45, 7) is 3.30. The maximum absolute atomic E-state index is 12.8. The number of aromatic amines is 1. The zero-order valence-electron chi connectivity index (χ0n) is 13.5. The molecule has 1 aromatic carbocycles. The van der Waals surface area contributed by atoms with E-state index in [1.165, 1.54) is 18.9 Å². The van der Waals surface area contributed by atoms with Crippen LogP contribution in [-0.4, -0.2) is 54.2 Å². The highest BCUT2D eigenvalue weighted by Gasteiger charge is 2.35. The Morgan fingerprint density at radius 3 is 2.83 bits per heavy atom. The van der Waals surface area contributed by atoms with Crippen LogP contribution in [0.15, 0.2) is 35.1 Å². The maximum Gasteiger partial charge on any atom is 0.252 e. The number of hydrogen-bond donors (Lipinski definition) is 2. The van der Waals surface area contributed by atoms with Gasteiger partial charge in [-0.05, 0) is 32.0 Å². The van der Waals surface area contributed by atoms with Gasteiger partial charge in [0.25, 0.3) is 5.91 Å². The van der Waals surface area contributed by atoms with Gasteiger partial charge < -0.3 is 15.0 Å². The first kappa shape index (κ1) is 15.4. The first-order valence-corrected chi connectivity index (χ1v) is 8.47. The number of amides is 1. The average molecular weight is 327 g/mol. The van der Waals surface area contributed by atoms with Crippen molar-refractivity contribution in [1.29, 1.82) is 0 Å². The minimum atomic E-state index is -0.266. The van der Waals surface area contributed by atoms with E-state index in [-0.39, 0.29) is 23.6 Å². The van der Waals surface area contributed by atoms with E-state index >= 15 is 0 Å². The highest BCUT2D eigenvalue weighted by molar-refractivity contribution is 6.06. The average Bonchev–Trinajstić information content (AvgIpc) is 3.25. The smallest absolute Gasteiger partial charge is 0.252 e. The van der Waals surface area contributed by atoms with Gasteiger partial charge in [-0.15, -0.1) is 0 Å². The molecule has 0 spiro atoms. The summed E-state index contributed by atoms with van der Waals surface area (Å²) in [6.07, 6.45) is 2.41. The fraction of sp³-hybridized carbons (Fsp3) is 0.444. The van der Waals surface area contributed by atoms with Gasteiger partial charge in [-0.25, -0.2) is 0 Å². The molecule has 24 heavy (non-hydrogen) atoms. The molecule has 2 fully saturated rings. The van der Waals surface area contributed by atoms with Crippen molar-refractivity contribution < 1.29 is 9.53 Å². The van der Waals surface area contributed by atoms with Gasteiger partial charge in [-0.3, -0.25) is 14.5 Å². The van der Waals surface area contributed by atoms with Crippen LogP contribution in [-0.2, 0) is 4.74 Å². The van der Waals surface area contributed by atoms with Crippen LogP contribution in [0.2, 0.25) is 0 Å². The molecule has 6 heteroatoms. The number of likely N-dealkylation sites (tertiary alicyclic amines) is 1. The summed E-state index contributed by atoms with van der Waals surface area (Å²) in [7, 11) is 0. The normalized spacial score (nSPS) is 24.5. The molecule has 0 radical (unpaired) electrons. The lowest BCUT2D eigenvalue weighted by atomic mass is 10.1. The number of rotatable bonds is 3. The van der Waals surface area contributed by atoms with Crippen LogP contribution in [0.25, 0.3) is 10.9 Å². The summed E-state index contributed by atoms with van der Waals surface area (Å²) >= 11 is 0. The number of pyridine rings is 1. The van der Waals surface area contributed by atoms with Gasteiger partial charge >= 0.3 is 0 Å². The second kappa shape index (κ2) is 6.37. The molecular formula is C18H21N3O3. The topological polar surface area (TPSA) is 74.4 Å². The number of hydrogen-bond acceptors (Lipinski definition) is 4. The van der Waals surface area contributed by atoms with Crippen LogP contribution in [0, 0.1) is 0 Å². The molecule has 1 aromatic heterocycles. The molecule has 4 rings (SSSR count). The third kappa shape index (κ3) is 2.83. The molecule has 6 nitrogen and oxygen atoms in total. The highest BCUT2D eigenvalue weighted by atomic mass is 16.5. The number of carbonyl (C=O) groups excluding carboxylic acids is 1. The standard InChI is InChI=1S/C18H21N3O3/c22-17-9-13(12-5-1-2-6-14(12)19-17)18(23)20-15-10-24-11-16(15)21-7-3-4-8-21/h1-2,5-6,9,15-16H,3-4,7-8,10-11H2,(H,19,22)(H,20,23)/t15-,16-/m1/s1. The molecule has 3 heterocycles. The molecule has 0 bridgehead atoms. The van der Waals surface area contributed by atoms with Crippen LogP contribution in [0.3, 0.4) is 0 Å². The highest BCUT2D eigenvalue weighted by Crippen LogP contribution is 2.20. The Bertz CT molecular complexity index is 811. The van der Waals surface area contributed by atoms with E-state index in [0.29, 0.717) is 24.3 Å². The fourth-order valence-electron chi connectivity index (χ4n) is 3.75. The van der Waals surface area contributed by atoms with Crippen molar-refractivity contribution in [3.8, 4) is 0 Å². The van der Waals surface area contributed by atoms with Crippen molar-refractivity contribution >= 4 is 16.8 Å². The second-order valence-electron chi connectivity index (χ2n) is 6.52. The van der Waals surface area contributed by atoms with Crippen LogP contribution in [0.1, 0.15) is 23.2 Å². The SMILES string of the molecule is O=C(N[C@@H]1COC[C@H]1N1CCCC1)c1cc(=O)[nH]c2ccccc12. The monoisotopic (exact) mass is 327 g/mol. The quantitative estimate of drug-likeness (QED) is 0.886. The molecule has 0 unspecified atom stereocenters.